The molecule has 0 aliphatic heterocycles. The Labute approximate surface area is 255 Å². The normalized spacial score (nSPS) is 12.9. The zero-order chi connectivity index (χ0) is 31.7. The molecule has 2 atom stereocenters. The summed E-state index contributed by atoms with van der Waals surface area (Å²) in [6.45, 7) is 13.2. The molecule has 0 fully saturated rings. The first kappa shape index (κ1) is 33.4. The van der Waals surface area contributed by atoms with Crippen LogP contribution in [0.1, 0.15) is 84.4 Å². The van der Waals surface area contributed by atoms with Crippen molar-refractivity contribution in [3.63, 3.8) is 0 Å². The molecular weight excluding hydrogens is 542 g/mol. The Balaban J connectivity index is 2.05. The van der Waals surface area contributed by atoms with E-state index in [4.69, 9.17) is 4.74 Å². The lowest BCUT2D eigenvalue weighted by Crippen LogP contribution is -2.54. The number of benzene rings is 3. The fourth-order valence-corrected chi connectivity index (χ4v) is 5.00. The van der Waals surface area contributed by atoms with Gasteiger partial charge in [-0.05, 0) is 86.2 Å². The highest BCUT2D eigenvalue weighted by atomic mass is 16.6. The van der Waals surface area contributed by atoms with Gasteiger partial charge in [0.25, 0.3) is 5.91 Å². The Morgan fingerprint density at radius 1 is 0.930 bits per heavy atom. The third-order valence-electron chi connectivity index (χ3n) is 7.25. The Bertz CT molecular complexity index is 1410. The number of nitrogens with one attached hydrogen (secondary N) is 2. The van der Waals surface area contributed by atoms with Crippen LogP contribution in [-0.4, -0.2) is 46.1 Å². The van der Waals surface area contributed by atoms with E-state index in [-0.39, 0.29) is 23.5 Å². The largest absolute Gasteiger partial charge is 0.508 e. The van der Waals surface area contributed by atoms with Crippen molar-refractivity contribution in [3.05, 3.63) is 71.8 Å². The number of hydrogen-bond acceptors (Lipinski definition) is 5. The number of unbranched alkanes of at least 4 members (excludes halogenated alkanes) is 3. The highest BCUT2D eigenvalue weighted by Crippen LogP contribution is 2.30. The van der Waals surface area contributed by atoms with Crippen LogP contribution in [-0.2, 0) is 14.3 Å². The molecule has 0 aromatic heterocycles. The average molecular weight is 590 g/mol. The Kier molecular flexibility index (Phi) is 11.6. The Morgan fingerprint density at radius 2 is 1.63 bits per heavy atom. The number of anilines is 1. The van der Waals surface area contributed by atoms with Crippen LogP contribution in [0.5, 0.6) is 5.75 Å². The van der Waals surface area contributed by atoms with Gasteiger partial charge >= 0.3 is 6.09 Å². The number of aromatic hydroxyl groups is 1. The molecule has 3 aromatic carbocycles. The maximum Gasteiger partial charge on any atom is 0.408 e. The second-order valence-corrected chi connectivity index (χ2v) is 12.5. The van der Waals surface area contributed by atoms with Crippen LogP contribution in [0.25, 0.3) is 10.8 Å². The van der Waals surface area contributed by atoms with Crippen molar-refractivity contribution in [1.29, 1.82) is 0 Å². The standard InChI is InChI=1S/C35H47N3O5/c1-8-9-10-13-20-38(33(41)30(23(2)3)37-34(42)43-35(5,6)7)31(27-17-19-29(39)24(4)21-27)32(40)36-28-18-16-25-14-11-12-15-26(25)22-28/h11-12,14-19,21-23,30-31,39H,8-10,13,20H2,1-7H3,(H,36,40)(H,37,42). The number of nitrogens with zero attached hydrogens (tertiary/aromatic N) is 1. The summed E-state index contributed by atoms with van der Waals surface area (Å²) in [6, 6.07) is 16.6. The molecule has 0 heterocycles. The van der Waals surface area contributed by atoms with Crippen molar-refractivity contribution in [3.8, 4) is 5.75 Å². The lowest BCUT2D eigenvalue weighted by atomic mass is 9.97. The maximum atomic E-state index is 14.4. The second-order valence-electron chi connectivity index (χ2n) is 12.5. The third-order valence-corrected chi connectivity index (χ3v) is 7.25. The predicted octanol–water partition coefficient (Wildman–Crippen LogP) is 7.49. The maximum absolute atomic E-state index is 14.4. The molecule has 0 aliphatic carbocycles. The summed E-state index contributed by atoms with van der Waals surface area (Å²) in [5.41, 5.74) is 1.03. The minimum absolute atomic E-state index is 0.102. The molecule has 0 radical (unpaired) electrons. The van der Waals surface area contributed by atoms with Crippen LogP contribution in [0.2, 0.25) is 0 Å². The molecule has 3 N–H and O–H groups in total. The van der Waals surface area contributed by atoms with E-state index < -0.39 is 23.8 Å². The molecule has 3 aromatic rings. The fourth-order valence-electron chi connectivity index (χ4n) is 5.00. The van der Waals surface area contributed by atoms with Crippen LogP contribution in [0, 0.1) is 12.8 Å². The van der Waals surface area contributed by atoms with Crippen LogP contribution in [0.3, 0.4) is 0 Å². The molecule has 2 unspecified atom stereocenters. The molecule has 43 heavy (non-hydrogen) atoms. The van der Waals surface area contributed by atoms with Crippen LogP contribution >= 0.6 is 0 Å². The molecule has 0 spiro atoms. The second kappa shape index (κ2) is 14.9. The number of alkyl carbamates (subject to hydrolysis) is 1. The zero-order valence-electron chi connectivity index (χ0n) is 26.6. The van der Waals surface area contributed by atoms with Gasteiger partial charge in [-0.2, -0.15) is 0 Å². The van der Waals surface area contributed by atoms with Gasteiger partial charge in [0.15, 0.2) is 0 Å². The minimum atomic E-state index is -1.01. The van der Waals surface area contributed by atoms with E-state index >= 15 is 0 Å². The zero-order valence-corrected chi connectivity index (χ0v) is 26.6. The number of phenolic OH excluding ortho intramolecular Hbond substituents is 1. The number of phenols is 1. The summed E-state index contributed by atoms with van der Waals surface area (Å²) >= 11 is 0. The smallest absolute Gasteiger partial charge is 0.408 e. The molecule has 0 aliphatic rings. The lowest BCUT2D eigenvalue weighted by Gasteiger charge is -2.36. The van der Waals surface area contributed by atoms with Crippen molar-refractivity contribution in [2.75, 3.05) is 11.9 Å². The van der Waals surface area contributed by atoms with Gasteiger partial charge in [0.05, 0.1) is 0 Å². The van der Waals surface area contributed by atoms with Crippen LogP contribution < -0.4 is 10.6 Å². The van der Waals surface area contributed by atoms with Crippen molar-refractivity contribution in [1.82, 2.24) is 10.2 Å². The minimum Gasteiger partial charge on any atom is -0.508 e. The summed E-state index contributed by atoms with van der Waals surface area (Å²) in [5, 5.41) is 18.1. The van der Waals surface area contributed by atoms with E-state index in [1.807, 2.05) is 56.3 Å². The van der Waals surface area contributed by atoms with E-state index in [0.29, 0.717) is 29.8 Å². The number of ether oxygens (including phenoxy) is 1. The third kappa shape index (κ3) is 9.46. The Morgan fingerprint density at radius 3 is 2.26 bits per heavy atom. The van der Waals surface area contributed by atoms with Crippen LogP contribution in [0.15, 0.2) is 60.7 Å². The number of fused-ring (bicyclic) bond motifs is 1. The molecule has 8 nitrogen and oxygen atoms in total. The number of aryl methyl sites for hydroxylation is 1. The number of amides is 3. The van der Waals surface area contributed by atoms with Gasteiger partial charge in [-0.3, -0.25) is 9.59 Å². The lowest BCUT2D eigenvalue weighted by molar-refractivity contribution is -0.141. The van der Waals surface area contributed by atoms with Gasteiger partial charge in [0, 0.05) is 12.2 Å². The van der Waals surface area contributed by atoms with Gasteiger partial charge in [0.2, 0.25) is 5.91 Å². The molecule has 0 bridgehead atoms. The van der Waals surface area contributed by atoms with Gasteiger partial charge in [-0.1, -0.05) is 76.4 Å². The molecule has 3 amide bonds. The molecule has 0 saturated heterocycles. The fraction of sp³-hybridized carbons (Fsp3) is 0.457. The number of hydrogen-bond donors (Lipinski definition) is 3. The SMILES string of the molecule is CCCCCCN(C(=O)C(NC(=O)OC(C)(C)C)C(C)C)C(C(=O)Nc1ccc2ccccc2c1)c1ccc(O)c(C)c1. The van der Waals surface area contributed by atoms with Crippen molar-refractivity contribution >= 4 is 34.4 Å². The molecular formula is C35H47N3O5. The van der Waals surface area contributed by atoms with E-state index in [0.717, 1.165) is 30.0 Å². The Hall–Kier alpha value is -4.07. The van der Waals surface area contributed by atoms with Gasteiger partial charge in [-0.15, -0.1) is 0 Å². The molecule has 8 heteroatoms. The first-order valence-corrected chi connectivity index (χ1v) is 15.2. The quantitative estimate of drug-likeness (QED) is 0.190. The van der Waals surface area contributed by atoms with Gasteiger partial charge in [0.1, 0.15) is 23.4 Å². The topological polar surface area (TPSA) is 108 Å². The molecule has 232 valence electrons. The van der Waals surface area contributed by atoms with Crippen molar-refractivity contribution < 1.29 is 24.2 Å². The number of carbonyl (C=O) groups excluding carboxylic acids is 3. The first-order chi connectivity index (χ1) is 20.3. The molecule has 3 rings (SSSR count). The summed E-state index contributed by atoms with van der Waals surface area (Å²) in [4.78, 5) is 42.9. The monoisotopic (exact) mass is 589 g/mol. The van der Waals surface area contributed by atoms with Crippen molar-refractivity contribution in [2.45, 2.75) is 91.8 Å². The van der Waals surface area contributed by atoms with E-state index in [2.05, 4.69) is 17.6 Å². The predicted molar refractivity (Wildman–Crippen MR) is 172 cm³/mol. The molecule has 0 saturated carbocycles. The number of rotatable bonds is 12. The summed E-state index contributed by atoms with van der Waals surface area (Å²) in [5.74, 6) is -0.931. The van der Waals surface area contributed by atoms with E-state index in [1.54, 1.807) is 50.8 Å². The van der Waals surface area contributed by atoms with Gasteiger partial charge in [-0.25, -0.2) is 4.79 Å². The summed E-state index contributed by atoms with van der Waals surface area (Å²) in [7, 11) is 0. The highest BCUT2D eigenvalue weighted by molar-refractivity contribution is 6.00. The number of carbonyl (C=O) groups is 3. The highest BCUT2D eigenvalue weighted by Gasteiger charge is 2.37. The van der Waals surface area contributed by atoms with E-state index in [1.165, 1.54) is 0 Å². The van der Waals surface area contributed by atoms with Gasteiger partial charge < -0.3 is 25.4 Å². The average Bonchev–Trinajstić information content (AvgIpc) is 2.93. The summed E-state index contributed by atoms with van der Waals surface area (Å²) < 4.78 is 5.47. The van der Waals surface area contributed by atoms with E-state index in [9.17, 15) is 19.5 Å². The first-order valence-electron chi connectivity index (χ1n) is 15.2. The summed E-state index contributed by atoms with van der Waals surface area (Å²) in [6.07, 6.45) is 2.90. The van der Waals surface area contributed by atoms with Crippen LogP contribution in [0.4, 0.5) is 10.5 Å². The van der Waals surface area contributed by atoms with Crippen molar-refractivity contribution in [2.24, 2.45) is 5.92 Å².